The molecule has 3 unspecified atom stereocenters. The van der Waals surface area contributed by atoms with Crippen molar-refractivity contribution in [3.8, 4) is 5.75 Å². The molecule has 5 heteroatoms. The summed E-state index contributed by atoms with van der Waals surface area (Å²) in [6.45, 7) is 1.64. The molecule has 2 aliphatic rings. The molecule has 5 nitrogen and oxygen atoms in total. The maximum absolute atomic E-state index is 11.2. The van der Waals surface area contributed by atoms with Gasteiger partial charge in [-0.1, -0.05) is 18.2 Å². The first-order valence-corrected chi connectivity index (χ1v) is 6.97. The van der Waals surface area contributed by atoms with Crippen LogP contribution in [-0.2, 0) is 4.79 Å². The van der Waals surface area contributed by atoms with E-state index >= 15 is 0 Å². The van der Waals surface area contributed by atoms with Crippen molar-refractivity contribution in [3.63, 3.8) is 0 Å². The molecular weight excluding hydrogens is 256 g/mol. The number of para-hydroxylation sites is 1. The molecule has 0 spiro atoms. The molecule has 0 aliphatic carbocycles. The minimum Gasteiger partial charge on any atom is -0.481 e. The van der Waals surface area contributed by atoms with Gasteiger partial charge in [0.15, 0.2) is 5.72 Å². The summed E-state index contributed by atoms with van der Waals surface area (Å²) < 4.78 is 6.04. The molecule has 0 amide bonds. The van der Waals surface area contributed by atoms with Crippen molar-refractivity contribution in [2.75, 3.05) is 20.1 Å². The molecule has 1 aromatic carbocycles. The summed E-state index contributed by atoms with van der Waals surface area (Å²) in [5.41, 5.74) is 6.69. The van der Waals surface area contributed by atoms with E-state index in [9.17, 15) is 9.90 Å². The first-order valence-electron chi connectivity index (χ1n) is 6.97. The summed E-state index contributed by atoms with van der Waals surface area (Å²) in [6.07, 6.45) is 0.816. The van der Waals surface area contributed by atoms with Crippen LogP contribution in [0.25, 0.3) is 0 Å². The Bertz CT molecular complexity index is 534. The highest BCUT2D eigenvalue weighted by Crippen LogP contribution is 2.47. The Morgan fingerprint density at radius 3 is 3.05 bits per heavy atom. The molecule has 3 N–H and O–H groups in total. The van der Waals surface area contributed by atoms with Crippen LogP contribution in [-0.4, -0.2) is 41.8 Å². The van der Waals surface area contributed by atoms with Crippen LogP contribution in [0.1, 0.15) is 24.3 Å². The summed E-state index contributed by atoms with van der Waals surface area (Å²) in [5, 5.41) is 9.24. The van der Waals surface area contributed by atoms with Crippen LogP contribution >= 0.6 is 0 Å². The van der Waals surface area contributed by atoms with Crippen LogP contribution in [0, 0.1) is 5.92 Å². The number of hydrogen-bond donors (Lipinski definition) is 2. The molecule has 2 heterocycles. The zero-order valence-corrected chi connectivity index (χ0v) is 11.6. The van der Waals surface area contributed by atoms with Gasteiger partial charge in [-0.2, -0.15) is 0 Å². The number of nitrogens with two attached hydrogens (primary N) is 1. The summed E-state index contributed by atoms with van der Waals surface area (Å²) in [5.74, 6) is -0.137. The number of piperidine rings is 1. The number of aliphatic carboxylic acids is 1. The lowest BCUT2D eigenvalue weighted by Gasteiger charge is -2.50. The fourth-order valence-corrected chi connectivity index (χ4v) is 3.47. The fourth-order valence-electron chi connectivity index (χ4n) is 3.47. The zero-order chi connectivity index (χ0) is 14.3. The van der Waals surface area contributed by atoms with Gasteiger partial charge >= 0.3 is 5.97 Å². The van der Waals surface area contributed by atoms with Gasteiger partial charge in [0.25, 0.3) is 0 Å². The van der Waals surface area contributed by atoms with Gasteiger partial charge < -0.3 is 14.7 Å². The third kappa shape index (κ3) is 2.17. The second-order valence-corrected chi connectivity index (χ2v) is 5.92. The van der Waals surface area contributed by atoms with Gasteiger partial charge in [0.05, 0.1) is 6.42 Å². The second-order valence-electron chi connectivity index (χ2n) is 5.92. The summed E-state index contributed by atoms with van der Waals surface area (Å²) >= 11 is 0. The van der Waals surface area contributed by atoms with E-state index in [2.05, 4.69) is 4.90 Å². The Hall–Kier alpha value is -1.59. The van der Waals surface area contributed by atoms with E-state index in [1.54, 1.807) is 0 Å². The molecule has 0 radical (unpaired) electrons. The minimum absolute atomic E-state index is 0.00671. The third-order valence-corrected chi connectivity index (χ3v) is 4.52. The topological polar surface area (TPSA) is 75.8 Å². The van der Waals surface area contributed by atoms with Crippen LogP contribution in [0.5, 0.6) is 5.75 Å². The number of likely N-dealkylation sites (tertiary alicyclic amines) is 1. The number of hydrogen-bond acceptors (Lipinski definition) is 4. The number of benzene rings is 1. The predicted molar refractivity (Wildman–Crippen MR) is 74.6 cm³/mol. The molecule has 3 rings (SSSR count). The van der Waals surface area contributed by atoms with Crippen molar-refractivity contribution in [2.24, 2.45) is 11.7 Å². The monoisotopic (exact) mass is 276 g/mol. The van der Waals surface area contributed by atoms with Gasteiger partial charge in [-0.3, -0.25) is 10.5 Å². The molecule has 1 fully saturated rings. The van der Waals surface area contributed by atoms with Gasteiger partial charge in [0.2, 0.25) is 0 Å². The Morgan fingerprint density at radius 2 is 2.30 bits per heavy atom. The van der Waals surface area contributed by atoms with Gasteiger partial charge in [-0.05, 0) is 18.7 Å². The Balaban J connectivity index is 2.04. The minimum atomic E-state index is -0.790. The predicted octanol–water partition coefficient (Wildman–Crippen LogP) is 1.24. The number of carboxylic acids is 1. The maximum Gasteiger partial charge on any atom is 0.303 e. The first kappa shape index (κ1) is 13.4. The summed E-state index contributed by atoms with van der Waals surface area (Å²) in [7, 11) is 2.04. The highest BCUT2D eigenvalue weighted by Gasteiger charge is 2.50. The quantitative estimate of drug-likeness (QED) is 0.850. The van der Waals surface area contributed by atoms with Crippen molar-refractivity contribution >= 4 is 5.97 Å². The third-order valence-electron chi connectivity index (χ3n) is 4.52. The molecule has 0 bridgehead atoms. The van der Waals surface area contributed by atoms with E-state index in [0.717, 1.165) is 30.8 Å². The molecule has 0 aromatic heterocycles. The molecule has 3 atom stereocenters. The number of ether oxygens (including phenoxy) is 1. The first-order chi connectivity index (χ1) is 9.49. The highest BCUT2D eigenvalue weighted by atomic mass is 16.5. The smallest absolute Gasteiger partial charge is 0.303 e. The molecule has 1 aromatic rings. The number of fused-ring (bicyclic) bond motifs is 2. The van der Waals surface area contributed by atoms with Crippen LogP contribution in [0.15, 0.2) is 24.3 Å². The lowest BCUT2D eigenvalue weighted by molar-refractivity contribution is -0.139. The number of rotatable bonds is 2. The zero-order valence-electron chi connectivity index (χ0n) is 11.6. The summed E-state index contributed by atoms with van der Waals surface area (Å²) in [6, 6.07) is 7.66. The van der Waals surface area contributed by atoms with E-state index in [4.69, 9.17) is 10.5 Å². The van der Waals surface area contributed by atoms with E-state index in [-0.39, 0.29) is 18.3 Å². The average molecular weight is 276 g/mol. The second kappa shape index (κ2) is 4.75. The Kier molecular flexibility index (Phi) is 3.18. The maximum atomic E-state index is 11.2. The molecule has 20 heavy (non-hydrogen) atoms. The van der Waals surface area contributed by atoms with Crippen molar-refractivity contribution in [2.45, 2.75) is 24.5 Å². The lowest BCUT2D eigenvalue weighted by Crippen LogP contribution is -2.63. The van der Waals surface area contributed by atoms with E-state index in [1.165, 1.54) is 0 Å². The average Bonchev–Trinajstić information content (AvgIpc) is 2.39. The largest absolute Gasteiger partial charge is 0.481 e. The van der Waals surface area contributed by atoms with Gasteiger partial charge in [-0.15, -0.1) is 0 Å². The van der Waals surface area contributed by atoms with Crippen LogP contribution in [0.3, 0.4) is 0 Å². The van der Waals surface area contributed by atoms with Crippen molar-refractivity contribution in [3.05, 3.63) is 29.8 Å². The van der Waals surface area contributed by atoms with Gasteiger partial charge in [0.1, 0.15) is 5.75 Å². The number of carbonyl (C=O) groups is 1. The molecule has 0 saturated carbocycles. The Morgan fingerprint density at radius 1 is 1.55 bits per heavy atom. The summed E-state index contributed by atoms with van der Waals surface area (Å²) in [4.78, 5) is 13.4. The van der Waals surface area contributed by atoms with Crippen LogP contribution in [0.4, 0.5) is 0 Å². The van der Waals surface area contributed by atoms with E-state index in [1.807, 2.05) is 31.3 Å². The van der Waals surface area contributed by atoms with Gasteiger partial charge in [-0.25, -0.2) is 0 Å². The normalized spacial score (nSPS) is 32.9. The number of nitrogens with zero attached hydrogens (tertiary/aromatic N) is 1. The van der Waals surface area contributed by atoms with E-state index in [0.29, 0.717) is 0 Å². The Labute approximate surface area is 118 Å². The molecule has 108 valence electrons. The SMILES string of the molecule is CN1CCC2(N)Oc3ccccc3C(CC(=O)O)C2C1. The molecular formula is C15H20N2O3. The van der Waals surface area contributed by atoms with Crippen molar-refractivity contribution < 1.29 is 14.6 Å². The van der Waals surface area contributed by atoms with Crippen molar-refractivity contribution in [1.82, 2.24) is 4.90 Å². The molecule has 1 saturated heterocycles. The van der Waals surface area contributed by atoms with Crippen LogP contribution < -0.4 is 10.5 Å². The fraction of sp³-hybridized carbons (Fsp3) is 0.533. The lowest BCUT2D eigenvalue weighted by atomic mass is 9.72. The number of carboxylic acid groups (broad SMARTS) is 1. The highest BCUT2D eigenvalue weighted by molar-refractivity contribution is 5.68. The standard InChI is InChI=1S/C15H20N2O3/c1-17-7-6-15(16)12(9-17)11(8-14(18)19)10-4-2-3-5-13(10)20-15/h2-5,11-12H,6-9,16H2,1H3,(H,18,19). The van der Waals surface area contributed by atoms with E-state index < -0.39 is 11.7 Å². The van der Waals surface area contributed by atoms with Gasteiger partial charge in [0, 0.05) is 31.3 Å². The van der Waals surface area contributed by atoms with Crippen LogP contribution in [0.2, 0.25) is 0 Å². The molecule has 2 aliphatic heterocycles. The van der Waals surface area contributed by atoms with Crippen molar-refractivity contribution in [1.29, 1.82) is 0 Å².